The lowest BCUT2D eigenvalue weighted by atomic mass is 9.89. The Kier molecular flexibility index (Phi) is 6.66. The minimum Gasteiger partial charge on any atom is -0.316 e. The van der Waals surface area contributed by atoms with E-state index in [4.69, 9.17) is 11.6 Å². The zero-order chi connectivity index (χ0) is 13.5. The van der Waals surface area contributed by atoms with Crippen LogP contribution in [-0.4, -0.2) is 13.1 Å². The van der Waals surface area contributed by atoms with Gasteiger partial charge < -0.3 is 5.32 Å². The van der Waals surface area contributed by atoms with E-state index in [1.54, 1.807) is 12.1 Å². The van der Waals surface area contributed by atoms with Gasteiger partial charge in [-0.1, -0.05) is 38.4 Å². The Bertz CT molecular complexity index is 368. The summed E-state index contributed by atoms with van der Waals surface area (Å²) in [5.41, 5.74) is 1.02. The van der Waals surface area contributed by atoms with E-state index in [-0.39, 0.29) is 10.8 Å². The third kappa shape index (κ3) is 4.95. The monoisotopic (exact) mass is 271 g/mol. The number of rotatable bonds is 7. The van der Waals surface area contributed by atoms with Crippen molar-refractivity contribution in [2.24, 2.45) is 11.8 Å². The lowest BCUT2D eigenvalue weighted by molar-refractivity contribution is 0.365. The summed E-state index contributed by atoms with van der Waals surface area (Å²) in [7, 11) is 0. The van der Waals surface area contributed by atoms with Gasteiger partial charge in [-0.3, -0.25) is 0 Å². The molecule has 0 spiro atoms. The molecule has 3 heteroatoms. The highest BCUT2D eigenvalue weighted by molar-refractivity contribution is 6.30. The van der Waals surface area contributed by atoms with Crippen LogP contribution in [0.3, 0.4) is 0 Å². The van der Waals surface area contributed by atoms with Crippen LogP contribution in [0.5, 0.6) is 0 Å². The fraction of sp³-hybridized carbons (Fsp3) is 0.600. The van der Waals surface area contributed by atoms with E-state index >= 15 is 0 Å². The predicted octanol–water partition coefficient (Wildman–Crippen LogP) is 4.29. The van der Waals surface area contributed by atoms with Gasteiger partial charge >= 0.3 is 0 Å². The van der Waals surface area contributed by atoms with Crippen molar-refractivity contribution < 1.29 is 4.39 Å². The van der Waals surface area contributed by atoms with E-state index in [1.165, 1.54) is 0 Å². The quantitative estimate of drug-likeness (QED) is 0.730. The molecular formula is C15H23ClFN. The Morgan fingerprint density at radius 2 is 2.00 bits per heavy atom. The molecule has 0 amide bonds. The zero-order valence-corrected chi connectivity index (χ0v) is 12.2. The Balaban J connectivity index is 2.47. The summed E-state index contributed by atoms with van der Waals surface area (Å²) in [5.74, 6) is 0.781. The van der Waals surface area contributed by atoms with Crippen molar-refractivity contribution in [1.29, 1.82) is 0 Å². The van der Waals surface area contributed by atoms with Gasteiger partial charge in [-0.25, -0.2) is 4.39 Å². The first kappa shape index (κ1) is 15.5. The Morgan fingerprint density at radius 3 is 2.61 bits per heavy atom. The third-order valence-corrected chi connectivity index (χ3v) is 3.71. The summed E-state index contributed by atoms with van der Waals surface area (Å²) >= 11 is 5.68. The SMILES string of the molecule is CCCNCC(C)C(C)Cc1ccc(Cl)c(F)c1. The summed E-state index contributed by atoms with van der Waals surface area (Å²) in [5, 5.41) is 3.63. The van der Waals surface area contributed by atoms with Crippen LogP contribution < -0.4 is 5.32 Å². The Hall–Kier alpha value is -0.600. The molecule has 0 fully saturated rings. The van der Waals surface area contributed by atoms with Gasteiger partial charge in [0.05, 0.1) is 5.02 Å². The lowest BCUT2D eigenvalue weighted by Gasteiger charge is -2.20. The van der Waals surface area contributed by atoms with Gasteiger partial charge in [0.15, 0.2) is 0 Å². The molecule has 1 N–H and O–H groups in total. The average molecular weight is 272 g/mol. The summed E-state index contributed by atoms with van der Waals surface area (Å²) in [4.78, 5) is 0. The van der Waals surface area contributed by atoms with Gasteiger partial charge in [0.2, 0.25) is 0 Å². The molecule has 1 aromatic rings. The second-order valence-electron chi connectivity index (χ2n) is 5.11. The molecule has 102 valence electrons. The van der Waals surface area contributed by atoms with Crippen molar-refractivity contribution in [3.05, 3.63) is 34.6 Å². The lowest BCUT2D eigenvalue weighted by Crippen LogP contribution is -2.26. The Morgan fingerprint density at radius 1 is 1.28 bits per heavy atom. The molecule has 0 radical (unpaired) electrons. The van der Waals surface area contributed by atoms with Crippen LogP contribution in [0.25, 0.3) is 0 Å². The van der Waals surface area contributed by atoms with E-state index in [1.807, 2.05) is 6.07 Å². The van der Waals surface area contributed by atoms with Gasteiger partial charge in [0.1, 0.15) is 5.82 Å². The van der Waals surface area contributed by atoms with Gasteiger partial charge in [0.25, 0.3) is 0 Å². The van der Waals surface area contributed by atoms with Crippen molar-refractivity contribution in [2.75, 3.05) is 13.1 Å². The molecule has 2 unspecified atom stereocenters. The van der Waals surface area contributed by atoms with E-state index in [0.29, 0.717) is 11.8 Å². The first-order valence-corrected chi connectivity index (χ1v) is 7.07. The molecule has 0 heterocycles. The highest BCUT2D eigenvalue weighted by Crippen LogP contribution is 2.20. The molecule has 1 nitrogen and oxygen atoms in total. The van der Waals surface area contributed by atoms with Crippen LogP contribution in [0.1, 0.15) is 32.8 Å². The van der Waals surface area contributed by atoms with Gasteiger partial charge in [-0.15, -0.1) is 0 Å². The van der Waals surface area contributed by atoms with Crippen LogP contribution in [0, 0.1) is 17.7 Å². The number of nitrogens with one attached hydrogen (secondary N) is 1. The van der Waals surface area contributed by atoms with Crippen molar-refractivity contribution in [3.63, 3.8) is 0 Å². The highest BCUT2D eigenvalue weighted by atomic mass is 35.5. The number of halogens is 2. The summed E-state index contributed by atoms with van der Waals surface area (Å²) < 4.78 is 13.3. The number of benzene rings is 1. The predicted molar refractivity (Wildman–Crippen MR) is 76.6 cm³/mol. The van der Waals surface area contributed by atoms with Crippen LogP contribution in [0.15, 0.2) is 18.2 Å². The van der Waals surface area contributed by atoms with Crippen LogP contribution in [0.4, 0.5) is 4.39 Å². The minimum absolute atomic E-state index is 0.198. The maximum absolute atomic E-state index is 13.3. The van der Waals surface area contributed by atoms with Crippen molar-refractivity contribution in [2.45, 2.75) is 33.6 Å². The maximum atomic E-state index is 13.3. The van der Waals surface area contributed by atoms with Crippen molar-refractivity contribution >= 4 is 11.6 Å². The minimum atomic E-state index is -0.321. The normalized spacial score (nSPS) is 14.5. The smallest absolute Gasteiger partial charge is 0.142 e. The van der Waals surface area contributed by atoms with E-state index in [2.05, 4.69) is 26.1 Å². The van der Waals surface area contributed by atoms with E-state index in [9.17, 15) is 4.39 Å². The molecule has 0 saturated heterocycles. The first-order valence-electron chi connectivity index (χ1n) is 6.69. The molecule has 0 aromatic heterocycles. The highest BCUT2D eigenvalue weighted by Gasteiger charge is 2.13. The first-order chi connectivity index (χ1) is 8.54. The standard InChI is InChI=1S/C15H23ClFN/c1-4-7-18-10-12(3)11(2)8-13-5-6-14(16)15(17)9-13/h5-6,9,11-12,18H,4,7-8,10H2,1-3H3. The van der Waals surface area contributed by atoms with Crippen molar-refractivity contribution in [1.82, 2.24) is 5.32 Å². The maximum Gasteiger partial charge on any atom is 0.142 e. The van der Waals surface area contributed by atoms with Gasteiger partial charge in [-0.2, -0.15) is 0 Å². The summed E-state index contributed by atoms with van der Waals surface area (Å²) in [6, 6.07) is 5.10. The zero-order valence-electron chi connectivity index (χ0n) is 11.5. The fourth-order valence-corrected chi connectivity index (χ4v) is 2.06. The summed E-state index contributed by atoms with van der Waals surface area (Å²) in [6.07, 6.45) is 2.05. The van der Waals surface area contributed by atoms with Gasteiger partial charge in [0, 0.05) is 0 Å². The Labute approximate surface area is 115 Å². The van der Waals surface area contributed by atoms with E-state index < -0.39 is 0 Å². The third-order valence-electron chi connectivity index (χ3n) is 3.41. The molecule has 0 aliphatic carbocycles. The van der Waals surface area contributed by atoms with Crippen LogP contribution in [-0.2, 0) is 6.42 Å². The molecule has 0 bridgehead atoms. The molecule has 0 aliphatic heterocycles. The molecule has 1 aromatic carbocycles. The fourth-order valence-electron chi connectivity index (χ4n) is 1.95. The second kappa shape index (κ2) is 7.75. The molecular weight excluding hydrogens is 249 g/mol. The van der Waals surface area contributed by atoms with Gasteiger partial charge in [-0.05, 0) is 55.5 Å². The molecule has 0 saturated carbocycles. The topological polar surface area (TPSA) is 12.0 Å². The number of hydrogen-bond donors (Lipinski definition) is 1. The van der Waals surface area contributed by atoms with Crippen molar-refractivity contribution in [3.8, 4) is 0 Å². The summed E-state index contributed by atoms with van der Waals surface area (Å²) in [6.45, 7) is 8.69. The second-order valence-corrected chi connectivity index (χ2v) is 5.52. The average Bonchev–Trinajstić information content (AvgIpc) is 2.34. The molecule has 1 rings (SSSR count). The number of hydrogen-bond acceptors (Lipinski definition) is 1. The molecule has 18 heavy (non-hydrogen) atoms. The largest absolute Gasteiger partial charge is 0.316 e. The van der Waals surface area contributed by atoms with E-state index in [0.717, 1.165) is 31.5 Å². The molecule has 0 aliphatic rings. The van der Waals surface area contributed by atoms with Crippen LogP contribution >= 0.6 is 11.6 Å². The molecule has 2 atom stereocenters. The van der Waals surface area contributed by atoms with Crippen LogP contribution in [0.2, 0.25) is 5.02 Å².